The van der Waals surface area contributed by atoms with Gasteiger partial charge in [-0.05, 0) is 73.8 Å². The van der Waals surface area contributed by atoms with Gasteiger partial charge in [-0.1, -0.05) is 30.3 Å². The third kappa shape index (κ3) is 4.21. The van der Waals surface area contributed by atoms with Crippen molar-refractivity contribution in [3.05, 3.63) is 40.8 Å². The molecule has 4 saturated carbocycles. The summed E-state index contributed by atoms with van der Waals surface area (Å²) in [4.78, 5) is 51.9. The predicted molar refractivity (Wildman–Crippen MR) is 126 cm³/mol. The smallest absolute Gasteiger partial charge is 0.293 e. The van der Waals surface area contributed by atoms with Crippen molar-refractivity contribution in [3.63, 3.8) is 0 Å². The Morgan fingerprint density at radius 2 is 1.82 bits per heavy atom. The second kappa shape index (κ2) is 8.31. The van der Waals surface area contributed by atoms with Crippen molar-refractivity contribution >= 4 is 40.8 Å². The lowest BCUT2D eigenvalue weighted by Crippen LogP contribution is -2.65. The summed E-state index contributed by atoms with van der Waals surface area (Å²) in [6.07, 6.45) is 7.18. The van der Waals surface area contributed by atoms with E-state index in [0.717, 1.165) is 49.4 Å². The van der Waals surface area contributed by atoms with Gasteiger partial charge in [-0.2, -0.15) is 0 Å². The number of benzene rings is 1. The van der Waals surface area contributed by atoms with E-state index in [4.69, 9.17) is 0 Å². The van der Waals surface area contributed by atoms with Crippen LogP contribution in [0.25, 0.3) is 6.08 Å². The molecule has 4 bridgehead atoms. The Morgan fingerprint density at radius 1 is 1.12 bits per heavy atom. The first kappa shape index (κ1) is 22.2. The zero-order chi connectivity index (χ0) is 23.2. The third-order valence-corrected chi connectivity index (χ3v) is 8.48. The number of thioether (sulfide) groups is 1. The third-order valence-electron chi connectivity index (χ3n) is 7.58. The van der Waals surface area contributed by atoms with Crippen LogP contribution in [-0.2, 0) is 14.4 Å². The fourth-order valence-corrected chi connectivity index (χ4v) is 7.78. The fraction of sp³-hybridized carbons (Fsp3) is 0.520. The molecule has 0 aromatic heterocycles. The topological polar surface area (TPSA) is 95.6 Å². The molecule has 1 aromatic carbocycles. The number of rotatable bonds is 6. The number of carbonyl (C=O) groups excluding carboxylic acids is 4. The number of hydrogen-bond acceptors (Lipinski definition) is 5. The number of carbonyl (C=O) groups is 4. The number of amides is 4. The molecule has 4 amide bonds. The van der Waals surface area contributed by atoms with Crippen LogP contribution in [0.5, 0.6) is 0 Å². The maximum Gasteiger partial charge on any atom is 0.293 e. The summed E-state index contributed by atoms with van der Waals surface area (Å²) in [5.41, 5.74) is 0.145. The summed E-state index contributed by atoms with van der Waals surface area (Å²) in [6.45, 7) is 1.94. The lowest BCUT2D eigenvalue weighted by Gasteiger charge is -2.61. The Labute approximate surface area is 197 Å². The van der Waals surface area contributed by atoms with E-state index in [-0.39, 0.29) is 41.6 Å². The zero-order valence-electron chi connectivity index (χ0n) is 18.8. The molecule has 33 heavy (non-hydrogen) atoms. The Morgan fingerprint density at radius 3 is 2.48 bits per heavy atom. The first-order valence-electron chi connectivity index (χ1n) is 11.7. The average molecular weight is 468 g/mol. The molecular weight excluding hydrogens is 438 g/mol. The quantitative estimate of drug-likeness (QED) is 0.626. The molecule has 5 fully saturated rings. The molecule has 6 rings (SSSR count). The van der Waals surface area contributed by atoms with Crippen LogP contribution in [0.15, 0.2) is 35.2 Å². The molecule has 174 valence electrons. The maximum absolute atomic E-state index is 13.3. The predicted octanol–water partition coefficient (Wildman–Crippen LogP) is 3.31. The van der Waals surface area contributed by atoms with Gasteiger partial charge in [-0.3, -0.25) is 24.1 Å². The minimum atomic E-state index is -0.460. The maximum atomic E-state index is 13.3. The van der Waals surface area contributed by atoms with Crippen molar-refractivity contribution in [2.24, 2.45) is 17.3 Å². The monoisotopic (exact) mass is 467 g/mol. The molecule has 0 radical (unpaired) electrons. The van der Waals surface area contributed by atoms with Crippen molar-refractivity contribution in [3.8, 4) is 0 Å². The summed E-state index contributed by atoms with van der Waals surface area (Å²) in [7, 11) is 0. The molecule has 8 heteroatoms. The minimum Gasteiger partial charge on any atom is -0.354 e. The van der Waals surface area contributed by atoms with E-state index in [9.17, 15) is 19.2 Å². The highest BCUT2D eigenvalue weighted by molar-refractivity contribution is 8.18. The Bertz CT molecular complexity index is 1020. The standard InChI is InChI=1S/C25H29N3O4S/c1-16(29)27-25-13-18-9-19(14-25)12-24(11-18,15-25)22(31)26-7-8-28-21(30)20(33-23(28)32)10-17-5-3-2-4-6-17/h2-6,10,18-19H,7-9,11-15H2,1H3,(H,26,31)(H,27,29)/b20-10+. The summed E-state index contributed by atoms with van der Waals surface area (Å²) in [5.74, 6) is 0.580. The molecule has 4 aliphatic carbocycles. The van der Waals surface area contributed by atoms with Crippen molar-refractivity contribution in [2.75, 3.05) is 13.1 Å². The van der Waals surface area contributed by atoms with Gasteiger partial charge >= 0.3 is 0 Å². The number of nitrogens with one attached hydrogen (secondary N) is 2. The van der Waals surface area contributed by atoms with Crippen molar-refractivity contribution in [2.45, 2.75) is 51.0 Å². The van der Waals surface area contributed by atoms with Gasteiger partial charge in [-0.15, -0.1) is 0 Å². The minimum absolute atomic E-state index is 0.00174. The second-order valence-electron chi connectivity index (χ2n) is 10.2. The van der Waals surface area contributed by atoms with Gasteiger partial charge in [0.1, 0.15) is 0 Å². The second-order valence-corrected chi connectivity index (χ2v) is 11.2. The molecular formula is C25H29N3O4S. The van der Waals surface area contributed by atoms with Crippen molar-refractivity contribution < 1.29 is 19.2 Å². The summed E-state index contributed by atoms with van der Waals surface area (Å²) >= 11 is 0.934. The fourth-order valence-electron chi connectivity index (χ4n) is 6.91. The van der Waals surface area contributed by atoms with Crippen LogP contribution in [0.1, 0.15) is 51.0 Å². The van der Waals surface area contributed by atoms with Crippen molar-refractivity contribution in [1.29, 1.82) is 0 Å². The first-order valence-corrected chi connectivity index (χ1v) is 12.5. The Balaban J connectivity index is 1.21. The lowest BCUT2D eigenvalue weighted by atomic mass is 9.46. The van der Waals surface area contributed by atoms with Gasteiger partial charge in [0.15, 0.2) is 0 Å². The molecule has 7 nitrogen and oxygen atoms in total. The lowest BCUT2D eigenvalue weighted by molar-refractivity contribution is -0.153. The number of hydrogen-bond donors (Lipinski definition) is 2. The highest BCUT2D eigenvalue weighted by Crippen LogP contribution is 2.61. The van der Waals surface area contributed by atoms with Crippen molar-refractivity contribution in [1.82, 2.24) is 15.5 Å². The Hall–Kier alpha value is -2.61. The summed E-state index contributed by atoms with van der Waals surface area (Å²) < 4.78 is 0. The molecule has 1 heterocycles. The van der Waals surface area contributed by atoms with E-state index in [1.165, 1.54) is 4.90 Å². The van der Waals surface area contributed by atoms with Crippen LogP contribution in [-0.4, -0.2) is 46.5 Å². The molecule has 1 saturated heterocycles. The SMILES string of the molecule is CC(=O)NC12CC3CC(C1)CC(C(=O)NCCN1C(=O)S/C(=C/c4ccccc4)C1=O)(C3)C2. The van der Waals surface area contributed by atoms with Gasteiger partial charge in [0.05, 0.1) is 10.3 Å². The molecule has 2 N–H and O–H groups in total. The molecule has 0 spiro atoms. The summed E-state index contributed by atoms with van der Waals surface area (Å²) in [6, 6.07) is 9.42. The molecule has 2 atom stereocenters. The van der Waals surface area contributed by atoms with Crippen LogP contribution < -0.4 is 10.6 Å². The summed E-state index contributed by atoms with van der Waals surface area (Å²) in [5, 5.41) is 5.89. The van der Waals surface area contributed by atoms with Gasteiger partial charge < -0.3 is 10.6 Å². The van der Waals surface area contributed by atoms with E-state index < -0.39 is 5.41 Å². The van der Waals surface area contributed by atoms with Gasteiger partial charge in [-0.25, -0.2) is 0 Å². The van der Waals surface area contributed by atoms with Crippen LogP contribution in [0, 0.1) is 17.3 Å². The molecule has 1 aromatic rings. The molecule has 5 aliphatic rings. The first-order chi connectivity index (χ1) is 15.8. The van der Waals surface area contributed by atoms with Gasteiger partial charge in [0, 0.05) is 25.6 Å². The van der Waals surface area contributed by atoms with Crippen LogP contribution in [0.3, 0.4) is 0 Å². The Kier molecular flexibility index (Phi) is 5.59. The van der Waals surface area contributed by atoms with Crippen LogP contribution in [0.4, 0.5) is 4.79 Å². The zero-order valence-corrected chi connectivity index (χ0v) is 19.6. The molecule has 1 aliphatic heterocycles. The van der Waals surface area contributed by atoms with E-state index in [2.05, 4.69) is 10.6 Å². The normalized spacial score (nSPS) is 33.6. The largest absolute Gasteiger partial charge is 0.354 e. The van der Waals surface area contributed by atoms with E-state index in [1.807, 2.05) is 30.3 Å². The highest BCUT2D eigenvalue weighted by Gasteiger charge is 2.60. The van der Waals surface area contributed by atoms with Gasteiger partial charge in [0.2, 0.25) is 11.8 Å². The van der Waals surface area contributed by atoms with Crippen LogP contribution in [0.2, 0.25) is 0 Å². The highest BCUT2D eigenvalue weighted by atomic mass is 32.2. The van der Waals surface area contributed by atoms with Gasteiger partial charge in [0.25, 0.3) is 11.1 Å². The number of imide groups is 1. The van der Waals surface area contributed by atoms with E-state index >= 15 is 0 Å². The average Bonchev–Trinajstić information content (AvgIpc) is 2.99. The number of nitrogens with zero attached hydrogens (tertiary/aromatic N) is 1. The van der Waals surface area contributed by atoms with Crippen LogP contribution >= 0.6 is 11.8 Å². The van der Waals surface area contributed by atoms with E-state index in [0.29, 0.717) is 23.2 Å². The van der Waals surface area contributed by atoms with E-state index in [1.54, 1.807) is 13.0 Å². The molecule has 2 unspecified atom stereocenters.